The van der Waals surface area contributed by atoms with Crippen LogP contribution in [0.5, 0.6) is 0 Å². The van der Waals surface area contributed by atoms with E-state index in [-0.39, 0.29) is 5.69 Å². The third-order valence-electron chi connectivity index (χ3n) is 3.03. The largest absolute Gasteiger partial charge is 0.396 e. The highest BCUT2D eigenvalue weighted by Crippen LogP contribution is 2.23. The molecule has 0 spiro atoms. The van der Waals surface area contributed by atoms with Gasteiger partial charge in [0.05, 0.1) is 23.1 Å². The number of nitrogens with two attached hydrogens (primary N) is 2. The van der Waals surface area contributed by atoms with Gasteiger partial charge in [-0.1, -0.05) is 18.2 Å². The van der Waals surface area contributed by atoms with Crippen molar-refractivity contribution < 1.29 is 4.79 Å². The first-order chi connectivity index (χ1) is 10.1. The van der Waals surface area contributed by atoms with Crippen LogP contribution in [0.3, 0.4) is 0 Å². The van der Waals surface area contributed by atoms with Crippen molar-refractivity contribution in [2.45, 2.75) is 0 Å². The fraction of sp³-hybridized carbons (Fsp3) is 0. The van der Waals surface area contributed by atoms with E-state index in [1.165, 1.54) is 6.07 Å². The second kappa shape index (κ2) is 5.09. The van der Waals surface area contributed by atoms with Crippen molar-refractivity contribution in [1.29, 1.82) is 0 Å². The number of nitrogens with zero attached hydrogens (tertiary/aromatic N) is 2. The molecule has 21 heavy (non-hydrogen) atoms. The monoisotopic (exact) mass is 279 g/mol. The van der Waals surface area contributed by atoms with Crippen LogP contribution in [0.2, 0.25) is 0 Å². The van der Waals surface area contributed by atoms with E-state index in [2.05, 4.69) is 15.3 Å². The van der Waals surface area contributed by atoms with Crippen LogP contribution in [0.1, 0.15) is 10.5 Å². The summed E-state index contributed by atoms with van der Waals surface area (Å²) < 4.78 is 0. The first-order valence-corrected chi connectivity index (χ1v) is 6.31. The van der Waals surface area contributed by atoms with Gasteiger partial charge in [-0.25, -0.2) is 4.98 Å². The van der Waals surface area contributed by atoms with E-state index < -0.39 is 5.91 Å². The molecule has 0 saturated heterocycles. The molecule has 0 aliphatic heterocycles. The minimum absolute atomic E-state index is 0.153. The molecule has 5 N–H and O–H groups in total. The number of carbonyl (C=O) groups is 1. The summed E-state index contributed by atoms with van der Waals surface area (Å²) in [5.41, 5.74) is 13.3. The lowest BCUT2D eigenvalue weighted by Crippen LogP contribution is -2.14. The van der Waals surface area contributed by atoms with Crippen LogP contribution in [-0.2, 0) is 0 Å². The number of rotatable bonds is 3. The number of hydrogen-bond donors (Lipinski definition) is 3. The molecule has 6 nitrogen and oxygen atoms in total. The molecule has 3 rings (SSSR count). The Morgan fingerprint density at radius 3 is 2.76 bits per heavy atom. The van der Waals surface area contributed by atoms with E-state index in [1.807, 2.05) is 30.3 Å². The first kappa shape index (κ1) is 12.9. The van der Waals surface area contributed by atoms with Crippen molar-refractivity contribution in [2.24, 2.45) is 5.73 Å². The predicted molar refractivity (Wildman–Crippen MR) is 82.2 cm³/mol. The zero-order valence-corrected chi connectivity index (χ0v) is 11.1. The highest BCUT2D eigenvalue weighted by atomic mass is 16.1. The molecule has 0 bridgehead atoms. The van der Waals surface area contributed by atoms with Gasteiger partial charge in [0.15, 0.2) is 5.82 Å². The molecular weight excluding hydrogens is 266 g/mol. The number of hydrogen-bond acceptors (Lipinski definition) is 5. The molecule has 0 atom stereocenters. The number of benzene rings is 1. The van der Waals surface area contributed by atoms with Crippen molar-refractivity contribution in [2.75, 3.05) is 11.1 Å². The standard InChI is InChI=1S/C15H13N5O/c16-11-5-6-13(14(17)21)20-15(11)19-10-7-9-3-1-2-4-12(9)18-8-10/h1-8H,16H2,(H2,17,21)(H,19,20). The third-order valence-corrected chi connectivity index (χ3v) is 3.03. The summed E-state index contributed by atoms with van der Waals surface area (Å²) in [6.07, 6.45) is 1.68. The highest BCUT2D eigenvalue weighted by Gasteiger charge is 2.08. The number of amides is 1. The van der Waals surface area contributed by atoms with E-state index in [0.29, 0.717) is 11.5 Å². The maximum absolute atomic E-state index is 11.2. The Kier molecular flexibility index (Phi) is 3.12. The Balaban J connectivity index is 1.98. The van der Waals surface area contributed by atoms with Crippen molar-refractivity contribution >= 4 is 34.0 Å². The average Bonchev–Trinajstić information content (AvgIpc) is 2.49. The molecule has 0 unspecified atom stereocenters. The van der Waals surface area contributed by atoms with Gasteiger partial charge in [0.1, 0.15) is 5.69 Å². The highest BCUT2D eigenvalue weighted by molar-refractivity contribution is 5.92. The van der Waals surface area contributed by atoms with Gasteiger partial charge in [0.25, 0.3) is 5.91 Å². The number of para-hydroxylation sites is 1. The van der Waals surface area contributed by atoms with E-state index in [0.717, 1.165) is 16.6 Å². The lowest BCUT2D eigenvalue weighted by atomic mass is 10.2. The smallest absolute Gasteiger partial charge is 0.267 e. The van der Waals surface area contributed by atoms with Gasteiger partial charge in [0.2, 0.25) is 0 Å². The van der Waals surface area contributed by atoms with E-state index in [9.17, 15) is 4.79 Å². The van der Waals surface area contributed by atoms with Gasteiger partial charge < -0.3 is 16.8 Å². The Morgan fingerprint density at radius 1 is 1.14 bits per heavy atom. The second-order valence-electron chi connectivity index (χ2n) is 4.54. The number of primary amides is 1. The fourth-order valence-corrected chi connectivity index (χ4v) is 1.98. The molecule has 3 aromatic rings. The molecule has 104 valence electrons. The van der Waals surface area contributed by atoms with Crippen LogP contribution in [0.4, 0.5) is 17.2 Å². The Labute approximate surface area is 120 Å². The molecule has 2 heterocycles. The second-order valence-corrected chi connectivity index (χ2v) is 4.54. The Bertz CT molecular complexity index is 831. The summed E-state index contributed by atoms with van der Waals surface area (Å²) in [6.45, 7) is 0. The number of aromatic nitrogens is 2. The topological polar surface area (TPSA) is 107 Å². The number of carbonyl (C=O) groups excluding carboxylic acids is 1. The number of anilines is 3. The summed E-state index contributed by atoms with van der Waals surface area (Å²) in [5.74, 6) is -0.224. The molecule has 0 aliphatic rings. The molecule has 6 heteroatoms. The predicted octanol–water partition coefficient (Wildman–Crippen LogP) is 2.05. The van der Waals surface area contributed by atoms with Gasteiger partial charge >= 0.3 is 0 Å². The van der Waals surface area contributed by atoms with E-state index in [4.69, 9.17) is 11.5 Å². The number of fused-ring (bicyclic) bond motifs is 1. The Morgan fingerprint density at radius 2 is 1.95 bits per heavy atom. The minimum Gasteiger partial charge on any atom is -0.396 e. The van der Waals surface area contributed by atoms with Gasteiger partial charge in [0, 0.05) is 5.39 Å². The van der Waals surface area contributed by atoms with Crippen LogP contribution < -0.4 is 16.8 Å². The van der Waals surface area contributed by atoms with Crippen molar-refractivity contribution in [1.82, 2.24) is 9.97 Å². The first-order valence-electron chi connectivity index (χ1n) is 6.31. The summed E-state index contributed by atoms with van der Waals surface area (Å²) in [6, 6.07) is 12.8. The summed E-state index contributed by atoms with van der Waals surface area (Å²) in [5, 5.41) is 4.05. The van der Waals surface area contributed by atoms with Crippen LogP contribution in [-0.4, -0.2) is 15.9 Å². The average molecular weight is 279 g/mol. The van der Waals surface area contributed by atoms with Gasteiger partial charge in [-0.05, 0) is 24.3 Å². The van der Waals surface area contributed by atoms with Crippen molar-refractivity contribution in [3.8, 4) is 0 Å². The third kappa shape index (κ3) is 2.59. The van der Waals surface area contributed by atoms with Gasteiger partial charge in [-0.2, -0.15) is 0 Å². The van der Waals surface area contributed by atoms with E-state index >= 15 is 0 Å². The van der Waals surface area contributed by atoms with E-state index in [1.54, 1.807) is 12.3 Å². The van der Waals surface area contributed by atoms with Gasteiger partial charge in [-0.15, -0.1) is 0 Å². The molecule has 0 saturated carbocycles. The lowest BCUT2D eigenvalue weighted by molar-refractivity contribution is 0.0996. The van der Waals surface area contributed by atoms with Crippen molar-refractivity contribution in [3.63, 3.8) is 0 Å². The van der Waals surface area contributed by atoms with Gasteiger partial charge in [-0.3, -0.25) is 9.78 Å². The molecule has 0 fully saturated rings. The zero-order chi connectivity index (χ0) is 14.8. The summed E-state index contributed by atoms with van der Waals surface area (Å²) >= 11 is 0. The van der Waals surface area contributed by atoms with Crippen LogP contribution in [0, 0.1) is 0 Å². The normalized spacial score (nSPS) is 10.5. The SMILES string of the molecule is NC(=O)c1ccc(N)c(Nc2cnc3ccccc3c2)n1. The maximum Gasteiger partial charge on any atom is 0.267 e. The summed E-state index contributed by atoms with van der Waals surface area (Å²) in [4.78, 5) is 19.6. The number of nitrogen functional groups attached to an aromatic ring is 1. The number of pyridine rings is 2. The molecule has 0 aliphatic carbocycles. The fourth-order valence-electron chi connectivity index (χ4n) is 1.98. The molecule has 0 radical (unpaired) electrons. The molecular formula is C15H13N5O. The van der Waals surface area contributed by atoms with Crippen molar-refractivity contribution in [3.05, 3.63) is 54.4 Å². The van der Waals surface area contributed by atoms with Crippen LogP contribution >= 0.6 is 0 Å². The summed E-state index contributed by atoms with van der Waals surface area (Å²) in [7, 11) is 0. The molecule has 1 aromatic carbocycles. The lowest BCUT2D eigenvalue weighted by Gasteiger charge is -2.09. The van der Waals surface area contributed by atoms with Crippen LogP contribution in [0.25, 0.3) is 10.9 Å². The quantitative estimate of drug-likeness (QED) is 0.680. The van der Waals surface area contributed by atoms with Crippen LogP contribution in [0.15, 0.2) is 48.7 Å². The zero-order valence-electron chi connectivity index (χ0n) is 11.1. The molecule has 2 aromatic heterocycles. The molecule has 1 amide bonds. The Hall–Kier alpha value is -3.15. The number of nitrogens with one attached hydrogen (secondary N) is 1. The minimum atomic E-state index is -0.602. The maximum atomic E-state index is 11.2.